The fourth-order valence-electron chi connectivity index (χ4n) is 3.05. The van der Waals surface area contributed by atoms with Gasteiger partial charge in [-0.1, -0.05) is 41.5 Å². The molecule has 0 saturated heterocycles. The van der Waals surface area contributed by atoms with E-state index in [1.807, 2.05) is 0 Å². The molecule has 0 rings (SSSR count). The zero-order valence-electron chi connectivity index (χ0n) is 14.1. The van der Waals surface area contributed by atoms with E-state index >= 15 is 0 Å². The van der Waals surface area contributed by atoms with E-state index in [9.17, 15) is 0 Å². The van der Waals surface area contributed by atoms with Crippen molar-refractivity contribution in [2.24, 2.45) is 17.6 Å². The highest BCUT2D eigenvalue weighted by atomic mass is 15.1. The van der Waals surface area contributed by atoms with Gasteiger partial charge in [0, 0.05) is 25.2 Å². The third-order valence-corrected chi connectivity index (χ3v) is 3.81. The molecule has 0 spiro atoms. The van der Waals surface area contributed by atoms with Gasteiger partial charge in [-0.15, -0.1) is 0 Å². The number of rotatable bonds is 11. The van der Waals surface area contributed by atoms with Crippen molar-refractivity contribution in [3.05, 3.63) is 0 Å². The summed E-state index contributed by atoms with van der Waals surface area (Å²) in [6, 6.07) is 0. The first kappa shape index (κ1) is 18.9. The largest absolute Gasteiger partial charge is 0.329 e. The van der Waals surface area contributed by atoms with Crippen molar-refractivity contribution in [2.45, 2.75) is 59.9 Å². The molecule has 0 atom stereocenters. The van der Waals surface area contributed by atoms with Crippen molar-refractivity contribution in [1.29, 1.82) is 0 Å². The lowest BCUT2D eigenvalue weighted by Crippen LogP contribution is -2.54. The molecule has 0 heterocycles. The van der Waals surface area contributed by atoms with Gasteiger partial charge in [0.2, 0.25) is 0 Å². The molecule has 0 bridgehead atoms. The Morgan fingerprint density at radius 2 is 1.47 bits per heavy atom. The van der Waals surface area contributed by atoms with E-state index in [4.69, 9.17) is 5.73 Å². The summed E-state index contributed by atoms with van der Waals surface area (Å²) >= 11 is 0. The Morgan fingerprint density at radius 3 is 1.79 bits per heavy atom. The number of nitrogens with two attached hydrogens (primary N) is 1. The minimum absolute atomic E-state index is 0.121. The first-order valence-electron chi connectivity index (χ1n) is 8.06. The second-order valence-electron chi connectivity index (χ2n) is 6.63. The normalized spacial score (nSPS) is 12.9. The Bertz CT molecular complexity index is 200. The van der Waals surface area contributed by atoms with E-state index < -0.39 is 0 Å². The van der Waals surface area contributed by atoms with Gasteiger partial charge in [-0.25, -0.2) is 0 Å². The zero-order chi connectivity index (χ0) is 14.9. The molecule has 116 valence electrons. The Kier molecular flexibility index (Phi) is 9.67. The van der Waals surface area contributed by atoms with Crippen molar-refractivity contribution in [3.8, 4) is 0 Å². The molecule has 0 saturated carbocycles. The van der Waals surface area contributed by atoms with Crippen LogP contribution in [0.2, 0.25) is 0 Å². The predicted octanol–water partition coefficient (Wildman–Crippen LogP) is 2.71. The summed E-state index contributed by atoms with van der Waals surface area (Å²) in [5.74, 6) is 1.37. The van der Waals surface area contributed by atoms with Crippen molar-refractivity contribution in [1.82, 2.24) is 10.2 Å². The summed E-state index contributed by atoms with van der Waals surface area (Å²) in [5.41, 5.74) is 6.23. The predicted molar refractivity (Wildman–Crippen MR) is 86.5 cm³/mol. The van der Waals surface area contributed by atoms with Crippen LogP contribution >= 0.6 is 0 Å². The van der Waals surface area contributed by atoms with Crippen LogP contribution in [0.15, 0.2) is 0 Å². The van der Waals surface area contributed by atoms with Crippen LogP contribution in [0.3, 0.4) is 0 Å². The third kappa shape index (κ3) is 7.91. The van der Waals surface area contributed by atoms with Gasteiger partial charge in [0.15, 0.2) is 0 Å². The first-order valence-corrected chi connectivity index (χ1v) is 8.06. The number of hydrogen-bond donors (Lipinski definition) is 2. The van der Waals surface area contributed by atoms with Crippen LogP contribution in [-0.2, 0) is 0 Å². The number of nitrogens with one attached hydrogen (secondary N) is 1. The molecule has 0 aliphatic rings. The van der Waals surface area contributed by atoms with E-state index in [0.717, 1.165) is 32.7 Å². The van der Waals surface area contributed by atoms with Gasteiger partial charge in [0.1, 0.15) is 0 Å². The van der Waals surface area contributed by atoms with Gasteiger partial charge in [-0.05, 0) is 37.8 Å². The number of nitrogens with zero attached hydrogens (tertiary/aromatic N) is 1. The lowest BCUT2D eigenvalue weighted by molar-refractivity contribution is 0.212. The van der Waals surface area contributed by atoms with Gasteiger partial charge in [0.25, 0.3) is 0 Å². The van der Waals surface area contributed by atoms with E-state index in [0.29, 0.717) is 11.8 Å². The zero-order valence-corrected chi connectivity index (χ0v) is 14.1. The molecular weight excluding hydrogens is 234 g/mol. The smallest absolute Gasteiger partial charge is 0.0309 e. The Labute approximate surface area is 121 Å². The molecule has 0 radical (unpaired) electrons. The fraction of sp³-hybridized carbons (Fsp3) is 1.00. The maximum Gasteiger partial charge on any atom is 0.0309 e. The van der Waals surface area contributed by atoms with Crippen LogP contribution < -0.4 is 11.1 Å². The molecule has 0 unspecified atom stereocenters. The lowest BCUT2D eigenvalue weighted by atomic mass is 9.82. The maximum absolute atomic E-state index is 6.11. The quantitative estimate of drug-likeness (QED) is 0.607. The molecule has 0 amide bonds. The maximum atomic E-state index is 6.11. The summed E-state index contributed by atoms with van der Waals surface area (Å²) in [4.78, 5) is 2.46. The van der Waals surface area contributed by atoms with E-state index in [1.165, 1.54) is 12.8 Å². The molecule has 0 aliphatic carbocycles. The minimum atomic E-state index is 0.121. The molecular formula is C16H37N3. The van der Waals surface area contributed by atoms with Crippen LogP contribution in [0, 0.1) is 11.8 Å². The van der Waals surface area contributed by atoms with Crippen LogP contribution in [0.1, 0.15) is 54.4 Å². The standard InChI is InChI=1S/C16H37N3/c1-7-19(8-2)10-9-18-16(13-17,11-14(3)4)12-15(5)6/h14-15,18H,7-13,17H2,1-6H3. The number of hydrogen-bond acceptors (Lipinski definition) is 3. The van der Waals surface area contributed by atoms with Crippen molar-refractivity contribution < 1.29 is 0 Å². The van der Waals surface area contributed by atoms with Gasteiger partial charge >= 0.3 is 0 Å². The molecule has 0 aromatic heterocycles. The van der Waals surface area contributed by atoms with E-state index in [1.54, 1.807) is 0 Å². The summed E-state index contributed by atoms with van der Waals surface area (Å²) in [6.45, 7) is 18.8. The van der Waals surface area contributed by atoms with Gasteiger partial charge in [-0.2, -0.15) is 0 Å². The molecule has 3 heteroatoms. The van der Waals surface area contributed by atoms with Crippen LogP contribution in [0.5, 0.6) is 0 Å². The summed E-state index contributed by atoms with van der Waals surface area (Å²) in [7, 11) is 0. The molecule has 3 N–H and O–H groups in total. The number of likely N-dealkylation sites (N-methyl/N-ethyl adjacent to an activating group) is 1. The fourth-order valence-corrected chi connectivity index (χ4v) is 3.05. The molecule has 0 aromatic rings. The summed E-state index contributed by atoms with van der Waals surface area (Å²) in [5, 5.41) is 3.78. The molecule has 3 nitrogen and oxygen atoms in total. The molecule has 0 aromatic carbocycles. The molecule has 0 fully saturated rings. The average Bonchev–Trinajstić information content (AvgIpc) is 2.33. The highest BCUT2D eigenvalue weighted by Gasteiger charge is 2.29. The first-order chi connectivity index (χ1) is 8.89. The summed E-state index contributed by atoms with van der Waals surface area (Å²) in [6.07, 6.45) is 2.33. The monoisotopic (exact) mass is 271 g/mol. The average molecular weight is 271 g/mol. The van der Waals surface area contributed by atoms with Crippen LogP contribution in [-0.4, -0.2) is 43.2 Å². The highest BCUT2D eigenvalue weighted by molar-refractivity contribution is 4.91. The molecule has 0 aliphatic heterocycles. The van der Waals surface area contributed by atoms with Crippen molar-refractivity contribution in [3.63, 3.8) is 0 Å². The third-order valence-electron chi connectivity index (χ3n) is 3.81. The Morgan fingerprint density at radius 1 is 1.00 bits per heavy atom. The topological polar surface area (TPSA) is 41.3 Å². The van der Waals surface area contributed by atoms with Crippen LogP contribution in [0.4, 0.5) is 0 Å². The van der Waals surface area contributed by atoms with Gasteiger partial charge in [-0.3, -0.25) is 0 Å². The summed E-state index contributed by atoms with van der Waals surface area (Å²) < 4.78 is 0. The Hall–Kier alpha value is -0.120. The molecule has 19 heavy (non-hydrogen) atoms. The van der Waals surface area contributed by atoms with Gasteiger partial charge < -0.3 is 16.0 Å². The van der Waals surface area contributed by atoms with Crippen molar-refractivity contribution >= 4 is 0 Å². The SMILES string of the molecule is CCN(CC)CCNC(CN)(CC(C)C)CC(C)C. The van der Waals surface area contributed by atoms with Crippen LogP contribution in [0.25, 0.3) is 0 Å². The van der Waals surface area contributed by atoms with Crippen molar-refractivity contribution in [2.75, 3.05) is 32.7 Å². The van der Waals surface area contributed by atoms with E-state index in [2.05, 4.69) is 51.8 Å². The second-order valence-corrected chi connectivity index (χ2v) is 6.63. The minimum Gasteiger partial charge on any atom is -0.329 e. The Balaban J connectivity index is 4.47. The second kappa shape index (κ2) is 9.73. The highest BCUT2D eigenvalue weighted by Crippen LogP contribution is 2.24. The lowest BCUT2D eigenvalue weighted by Gasteiger charge is -2.37. The van der Waals surface area contributed by atoms with Gasteiger partial charge in [0.05, 0.1) is 0 Å². The van der Waals surface area contributed by atoms with E-state index in [-0.39, 0.29) is 5.54 Å².